The zero-order valence-corrected chi connectivity index (χ0v) is 16.2. The summed E-state index contributed by atoms with van der Waals surface area (Å²) in [7, 11) is 0.0663. The van der Waals surface area contributed by atoms with Crippen LogP contribution in [0.2, 0.25) is 0 Å². The molecule has 1 saturated heterocycles. The quantitative estimate of drug-likeness (QED) is 0.581. The van der Waals surface area contributed by atoms with E-state index < -0.39 is 0 Å². The van der Waals surface area contributed by atoms with Crippen LogP contribution >= 0.6 is 7.92 Å². The average molecular weight is 304 g/mol. The van der Waals surface area contributed by atoms with Crippen molar-refractivity contribution in [3.63, 3.8) is 0 Å². The number of hydrogen-bond donors (Lipinski definition) is 0. The van der Waals surface area contributed by atoms with E-state index in [1.54, 1.807) is 16.4 Å². The van der Waals surface area contributed by atoms with Crippen LogP contribution in [0, 0.1) is 12.8 Å². The summed E-state index contributed by atoms with van der Waals surface area (Å²) in [6, 6.07) is 4.99. The van der Waals surface area contributed by atoms with Gasteiger partial charge in [0.1, 0.15) is 0 Å². The maximum Gasteiger partial charge on any atom is -0.0125 e. The smallest absolute Gasteiger partial charge is 0.0125 e. The molecule has 1 aliphatic rings. The summed E-state index contributed by atoms with van der Waals surface area (Å²) in [6.45, 7) is 18.9. The van der Waals surface area contributed by atoms with E-state index >= 15 is 0 Å². The molecule has 1 fully saturated rings. The summed E-state index contributed by atoms with van der Waals surface area (Å²) in [5, 5.41) is 1.73. The Labute approximate surface area is 133 Å². The van der Waals surface area contributed by atoms with Crippen LogP contribution in [0.15, 0.2) is 12.1 Å². The van der Waals surface area contributed by atoms with E-state index in [9.17, 15) is 0 Å². The fraction of sp³-hybridized carbons (Fsp3) is 0.700. The first-order valence-electron chi connectivity index (χ1n) is 8.40. The third kappa shape index (κ3) is 3.70. The Morgan fingerprint density at radius 3 is 2.05 bits per heavy atom. The first-order chi connectivity index (χ1) is 9.50. The van der Waals surface area contributed by atoms with Gasteiger partial charge in [-0.1, -0.05) is 68.5 Å². The minimum Gasteiger partial charge on any atom is -0.0744 e. The van der Waals surface area contributed by atoms with Gasteiger partial charge in [-0.15, -0.1) is 0 Å². The van der Waals surface area contributed by atoms with Crippen molar-refractivity contribution in [3.05, 3.63) is 28.8 Å². The maximum absolute atomic E-state index is 2.52. The van der Waals surface area contributed by atoms with Gasteiger partial charge in [0.2, 0.25) is 0 Å². The molecule has 0 nitrogen and oxygen atoms in total. The molecule has 0 amide bonds. The van der Waals surface area contributed by atoms with Gasteiger partial charge < -0.3 is 0 Å². The Bertz CT molecular complexity index is 514. The van der Waals surface area contributed by atoms with E-state index in [0.29, 0.717) is 0 Å². The molecule has 2 unspecified atom stereocenters. The van der Waals surface area contributed by atoms with Crippen molar-refractivity contribution < 1.29 is 0 Å². The molecule has 1 aromatic carbocycles. The molecular formula is C20H33P. The van der Waals surface area contributed by atoms with Crippen LogP contribution in [0.1, 0.15) is 71.6 Å². The van der Waals surface area contributed by atoms with Gasteiger partial charge >= 0.3 is 0 Å². The molecule has 1 heteroatoms. The monoisotopic (exact) mass is 304 g/mol. The van der Waals surface area contributed by atoms with Crippen LogP contribution in [0.4, 0.5) is 0 Å². The molecule has 118 valence electrons. The van der Waals surface area contributed by atoms with E-state index in [4.69, 9.17) is 0 Å². The van der Waals surface area contributed by atoms with Gasteiger partial charge in [0.15, 0.2) is 0 Å². The molecule has 1 aromatic rings. The van der Waals surface area contributed by atoms with Crippen LogP contribution in [0.25, 0.3) is 0 Å². The van der Waals surface area contributed by atoms with E-state index in [2.05, 4.69) is 67.5 Å². The molecule has 1 heterocycles. The highest BCUT2D eigenvalue weighted by Crippen LogP contribution is 2.48. The SMILES string of the molecule is Cc1cc(C(C)(C)C)cc(C(C)(C)C)c1P1CCC(C)C1. The lowest BCUT2D eigenvalue weighted by Crippen LogP contribution is -2.26. The lowest BCUT2D eigenvalue weighted by atomic mass is 9.79. The van der Waals surface area contributed by atoms with Crippen LogP contribution in [0.5, 0.6) is 0 Å². The number of hydrogen-bond acceptors (Lipinski definition) is 0. The van der Waals surface area contributed by atoms with E-state index in [1.165, 1.54) is 24.3 Å². The Morgan fingerprint density at radius 2 is 1.62 bits per heavy atom. The van der Waals surface area contributed by atoms with Crippen molar-refractivity contribution >= 4 is 13.2 Å². The first-order valence-corrected chi connectivity index (χ1v) is 10.1. The molecule has 0 saturated carbocycles. The number of benzene rings is 1. The first kappa shape index (κ1) is 17.0. The topological polar surface area (TPSA) is 0 Å². The molecule has 21 heavy (non-hydrogen) atoms. The number of rotatable bonds is 1. The van der Waals surface area contributed by atoms with Crippen LogP contribution in [-0.4, -0.2) is 12.3 Å². The summed E-state index contributed by atoms with van der Waals surface area (Å²) in [6.07, 6.45) is 4.30. The van der Waals surface area contributed by atoms with Crippen LogP contribution < -0.4 is 5.30 Å². The zero-order chi connectivity index (χ0) is 16.0. The van der Waals surface area contributed by atoms with Crippen molar-refractivity contribution in [1.29, 1.82) is 0 Å². The maximum atomic E-state index is 2.52. The van der Waals surface area contributed by atoms with E-state index in [0.717, 1.165) is 5.92 Å². The highest BCUT2D eigenvalue weighted by molar-refractivity contribution is 7.66. The van der Waals surface area contributed by atoms with Crippen molar-refractivity contribution in [2.75, 3.05) is 12.3 Å². The van der Waals surface area contributed by atoms with Gasteiger partial charge in [-0.25, -0.2) is 0 Å². The molecule has 0 radical (unpaired) electrons. The molecule has 0 bridgehead atoms. The molecule has 2 atom stereocenters. The van der Waals surface area contributed by atoms with Crippen molar-refractivity contribution in [2.45, 2.75) is 72.6 Å². The molecule has 0 N–H and O–H groups in total. The fourth-order valence-corrected chi connectivity index (χ4v) is 6.92. The highest BCUT2D eigenvalue weighted by atomic mass is 31.1. The van der Waals surface area contributed by atoms with Gasteiger partial charge in [0.25, 0.3) is 0 Å². The lowest BCUT2D eigenvalue weighted by Gasteiger charge is -2.31. The molecule has 2 rings (SSSR count). The van der Waals surface area contributed by atoms with Gasteiger partial charge in [-0.3, -0.25) is 0 Å². The summed E-state index contributed by atoms with van der Waals surface area (Å²) in [5.74, 6) is 0.922. The third-order valence-corrected chi connectivity index (χ3v) is 7.80. The minimum absolute atomic E-state index is 0.0663. The largest absolute Gasteiger partial charge is 0.0744 e. The number of aryl methyl sites for hydroxylation is 1. The Balaban J connectivity index is 2.59. The average Bonchev–Trinajstić information content (AvgIpc) is 2.72. The van der Waals surface area contributed by atoms with Crippen LogP contribution in [0.3, 0.4) is 0 Å². The second-order valence-corrected chi connectivity index (χ2v) is 11.4. The second-order valence-electron chi connectivity index (χ2n) is 9.03. The Morgan fingerprint density at radius 1 is 1.00 bits per heavy atom. The highest BCUT2D eigenvalue weighted by Gasteiger charge is 2.30. The molecule has 0 aromatic heterocycles. The van der Waals surface area contributed by atoms with E-state index in [1.807, 2.05) is 0 Å². The minimum atomic E-state index is 0.0663. The standard InChI is InChI=1S/C20H33P/c1-14-9-10-21(13-14)18-15(2)11-16(19(3,4)5)12-17(18)20(6,7)8/h11-12,14H,9-10,13H2,1-8H3. The molecule has 0 spiro atoms. The normalized spacial score (nSPS) is 23.6. The predicted molar refractivity (Wildman–Crippen MR) is 98.6 cm³/mol. The van der Waals surface area contributed by atoms with Gasteiger partial charge in [0.05, 0.1) is 0 Å². The molecule has 1 aliphatic heterocycles. The predicted octanol–water partition coefficient (Wildman–Crippen LogP) is 5.74. The second kappa shape index (κ2) is 5.69. The summed E-state index contributed by atoms with van der Waals surface area (Å²) in [4.78, 5) is 0. The van der Waals surface area contributed by atoms with E-state index in [-0.39, 0.29) is 18.8 Å². The summed E-state index contributed by atoms with van der Waals surface area (Å²) >= 11 is 0. The Kier molecular flexibility index (Phi) is 4.61. The van der Waals surface area contributed by atoms with Crippen molar-refractivity contribution in [2.24, 2.45) is 5.92 Å². The zero-order valence-electron chi connectivity index (χ0n) is 15.3. The third-order valence-electron chi connectivity index (χ3n) is 4.71. The van der Waals surface area contributed by atoms with Gasteiger partial charge in [-0.05, 0) is 64.4 Å². The fourth-order valence-electron chi connectivity index (χ4n) is 3.34. The summed E-state index contributed by atoms with van der Waals surface area (Å²) in [5.41, 5.74) is 5.14. The van der Waals surface area contributed by atoms with Crippen LogP contribution in [-0.2, 0) is 10.8 Å². The van der Waals surface area contributed by atoms with Gasteiger partial charge in [0, 0.05) is 0 Å². The van der Waals surface area contributed by atoms with Crippen molar-refractivity contribution in [1.82, 2.24) is 0 Å². The molecular weight excluding hydrogens is 271 g/mol. The van der Waals surface area contributed by atoms with Gasteiger partial charge in [-0.2, -0.15) is 0 Å². The Hall–Kier alpha value is -0.350. The van der Waals surface area contributed by atoms with Crippen molar-refractivity contribution in [3.8, 4) is 0 Å². The molecule has 0 aliphatic carbocycles. The summed E-state index contributed by atoms with van der Waals surface area (Å²) < 4.78 is 0. The lowest BCUT2D eigenvalue weighted by molar-refractivity contribution is 0.570.